The fourth-order valence-electron chi connectivity index (χ4n) is 5.59. The van der Waals surface area contributed by atoms with Crippen LogP contribution in [-0.4, -0.2) is 78.9 Å². The number of aliphatic hydroxyl groups excluding tert-OH is 1. The third-order valence-electron chi connectivity index (χ3n) is 8.35. The molecule has 0 spiro atoms. The van der Waals surface area contributed by atoms with Gasteiger partial charge in [-0.2, -0.15) is 0 Å². The van der Waals surface area contributed by atoms with Crippen LogP contribution in [0.25, 0.3) is 10.8 Å². The van der Waals surface area contributed by atoms with E-state index in [0.29, 0.717) is 40.7 Å². The van der Waals surface area contributed by atoms with Crippen LogP contribution in [0.4, 0.5) is 26.7 Å². The highest BCUT2D eigenvalue weighted by Crippen LogP contribution is 2.30. The normalized spacial score (nSPS) is 16.9. The van der Waals surface area contributed by atoms with Crippen LogP contribution in [0, 0.1) is 5.92 Å². The zero-order chi connectivity index (χ0) is 33.5. The second-order valence-corrected chi connectivity index (χ2v) is 11.9. The van der Waals surface area contributed by atoms with Gasteiger partial charge in [-0.1, -0.05) is 43.3 Å². The van der Waals surface area contributed by atoms with Gasteiger partial charge in [0.25, 0.3) is 0 Å². The number of anilines is 3. The summed E-state index contributed by atoms with van der Waals surface area (Å²) in [5.41, 5.74) is 2.36. The monoisotopic (exact) mass is 639 g/mol. The molecule has 11 nitrogen and oxygen atoms in total. The van der Waals surface area contributed by atoms with Gasteiger partial charge < -0.3 is 40.3 Å². The van der Waals surface area contributed by atoms with E-state index in [1.165, 1.54) is 4.90 Å². The number of hydrogen-bond acceptors (Lipinski definition) is 6. The van der Waals surface area contributed by atoms with E-state index in [2.05, 4.69) is 16.0 Å². The van der Waals surface area contributed by atoms with Gasteiger partial charge in [0, 0.05) is 41.8 Å². The highest BCUT2D eigenvalue weighted by atomic mass is 16.5. The SMILES string of the molecule is COc1ccc(NC(=O)N(C)C[C@@H]2Oc3ccc(NC(=O)Nc4cccc5ccccc45)cc3CC(=O)N([C@@H](C)CO)C[C@H]2C)cc1. The van der Waals surface area contributed by atoms with E-state index < -0.39 is 18.2 Å². The predicted octanol–water partition coefficient (Wildman–Crippen LogP) is 5.81. The Morgan fingerprint density at radius 3 is 2.47 bits per heavy atom. The number of amides is 5. The number of aliphatic hydroxyl groups is 1. The maximum Gasteiger partial charge on any atom is 0.323 e. The second kappa shape index (κ2) is 14.9. The van der Waals surface area contributed by atoms with Crippen LogP contribution < -0.4 is 25.4 Å². The second-order valence-electron chi connectivity index (χ2n) is 11.9. The Balaban J connectivity index is 1.35. The number of carbonyl (C=O) groups excluding carboxylic acids is 3. The molecule has 1 aliphatic heterocycles. The molecule has 0 fully saturated rings. The van der Waals surface area contributed by atoms with E-state index in [9.17, 15) is 19.5 Å². The van der Waals surface area contributed by atoms with Gasteiger partial charge >= 0.3 is 12.1 Å². The predicted molar refractivity (Wildman–Crippen MR) is 183 cm³/mol. The standard InChI is InChI=1S/C36H41N5O6/c1-23-20-41(24(2)22-42)34(43)19-26-18-28(37-35(44)39-31-11-7-9-25-8-5-6-10-30(25)31)14-17-32(26)47-33(23)21-40(3)36(45)38-27-12-15-29(46-4)16-13-27/h5-18,23-24,33,42H,19-22H2,1-4H3,(H,38,45)(H2,37,39,44)/t23-,24+,33+/m1/s1. The molecule has 0 saturated heterocycles. The quantitative estimate of drug-likeness (QED) is 0.193. The Bertz CT molecular complexity index is 1720. The third kappa shape index (κ3) is 8.11. The number of carbonyl (C=O) groups is 3. The number of nitrogens with zero attached hydrogens (tertiary/aromatic N) is 2. The minimum Gasteiger partial charge on any atom is -0.497 e. The number of ether oxygens (including phenoxy) is 2. The molecule has 4 N–H and O–H groups in total. The summed E-state index contributed by atoms with van der Waals surface area (Å²) in [6, 6.07) is 24.5. The van der Waals surface area contributed by atoms with Crippen LogP contribution in [0.2, 0.25) is 0 Å². The summed E-state index contributed by atoms with van der Waals surface area (Å²) < 4.78 is 11.7. The summed E-state index contributed by atoms with van der Waals surface area (Å²) in [6.45, 7) is 4.11. The number of hydrogen-bond donors (Lipinski definition) is 4. The number of likely N-dealkylation sites (N-methyl/N-ethyl adjacent to an activating group) is 1. The van der Waals surface area contributed by atoms with Crippen molar-refractivity contribution >= 4 is 45.8 Å². The highest BCUT2D eigenvalue weighted by molar-refractivity contribution is 6.06. The van der Waals surface area contributed by atoms with Gasteiger partial charge in [-0.15, -0.1) is 0 Å². The maximum atomic E-state index is 13.6. The van der Waals surface area contributed by atoms with Gasteiger partial charge in [0.15, 0.2) is 0 Å². The number of rotatable bonds is 8. The average molecular weight is 640 g/mol. The summed E-state index contributed by atoms with van der Waals surface area (Å²) in [5, 5.41) is 20.6. The topological polar surface area (TPSA) is 132 Å². The Kier molecular flexibility index (Phi) is 10.5. The third-order valence-corrected chi connectivity index (χ3v) is 8.35. The molecule has 11 heteroatoms. The zero-order valence-corrected chi connectivity index (χ0v) is 27.0. The van der Waals surface area contributed by atoms with Crippen LogP contribution in [0.15, 0.2) is 84.9 Å². The van der Waals surface area contributed by atoms with Gasteiger partial charge in [0.2, 0.25) is 5.91 Å². The molecule has 3 atom stereocenters. The first kappa shape index (κ1) is 33.1. The fourth-order valence-corrected chi connectivity index (χ4v) is 5.59. The smallest absolute Gasteiger partial charge is 0.323 e. The van der Waals surface area contributed by atoms with Gasteiger partial charge in [-0.05, 0) is 60.8 Å². The molecule has 1 aliphatic rings. The summed E-state index contributed by atoms with van der Waals surface area (Å²) in [4.78, 5) is 43.0. The Labute approximate surface area is 274 Å². The van der Waals surface area contributed by atoms with Crippen molar-refractivity contribution in [2.45, 2.75) is 32.4 Å². The zero-order valence-electron chi connectivity index (χ0n) is 27.0. The number of benzene rings is 4. The lowest BCUT2D eigenvalue weighted by atomic mass is 10.0. The summed E-state index contributed by atoms with van der Waals surface area (Å²) in [6.07, 6.45) is -0.485. The summed E-state index contributed by atoms with van der Waals surface area (Å²) >= 11 is 0. The van der Waals surface area contributed by atoms with Crippen molar-refractivity contribution in [2.24, 2.45) is 5.92 Å². The minimum absolute atomic E-state index is 0.00731. The summed E-state index contributed by atoms with van der Waals surface area (Å²) in [7, 11) is 3.26. The molecule has 4 aromatic rings. The van der Waals surface area contributed by atoms with Gasteiger partial charge in [0.05, 0.1) is 38.4 Å². The molecule has 5 amide bonds. The molecule has 0 aliphatic carbocycles. The van der Waals surface area contributed by atoms with E-state index in [1.54, 1.807) is 68.4 Å². The van der Waals surface area contributed by atoms with E-state index in [-0.39, 0.29) is 37.4 Å². The molecule has 0 bridgehead atoms. The molecule has 47 heavy (non-hydrogen) atoms. The van der Waals surface area contributed by atoms with Crippen LogP contribution in [0.3, 0.4) is 0 Å². The molecular weight excluding hydrogens is 598 g/mol. The van der Waals surface area contributed by atoms with Crippen LogP contribution >= 0.6 is 0 Å². The molecule has 246 valence electrons. The van der Waals surface area contributed by atoms with E-state index in [4.69, 9.17) is 9.47 Å². The molecule has 0 unspecified atom stereocenters. The van der Waals surface area contributed by atoms with E-state index in [0.717, 1.165) is 10.8 Å². The first-order valence-corrected chi connectivity index (χ1v) is 15.6. The number of urea groups is 2. The van der Waals surface area contributed by atoms with Crippen molar-refractivity contribution < 1.29 is 29.0 Å². The Morgan fingerprint density at radius 1 is 1.00 bits per heavy atom. The number of fused-ring (bicyclic) bond motifs is 2. The highest BCUT2D eigenvalue weighted by Gasteiger charge is 2.32. The average Bonchev–Trinajstić information content (AvgIpc) is 3.11. The molecule has 4 aromatic carbocycles. The molecule has 5 rings (SSSR count). The van der Waals surface area contributed by atoms with Gasteiger partial charge in [-0.25, -0.2) is 9.59 Å². The van der Waals surface area contributed by atoms with E-state index >= 15 is 0 Å². The van der Waals surface area contributed by atoms with E-state index in [1.807, 2.05) is 49.4 Å². The summed E-state index contributed by atoms with van der Waals surface area (Å²) in [5.74, 6) is 0.798. The van der Waals surface area contributed by atoms with Gasteiger partial charge in [-0.3, -0.25) is 4.79 Å². The Hall–Kier alpha value is -5.29. The molecular formula is C36H41N5O6. The number of methoxy groups -OCH3 is 1. The minimum atomic E-state index is -0.492. The van der Waals surface area contributed by atoms with Crippen molar-refractivity contribution in [3.05, 3.63) is 90.5 Å². The Morgan fingerprint density at radius 2 is 1.72 bits per heavy atom. The molecule has 0 aromatic heterocycles. The van der Waals surface area contributed by atoms with Crippen LogP contribution in [0.1, 0.15) is 19.4 Å². The first-order chi connectivity index (χ1) is 22.6. The van der Waals surface area contributed by atoms with Crippen molar-refractivity contribution in [3.8, 4) is 11.5 Å². The fraction of sp³-hybridized carbons (Fsp3) is 0.306. The first-order valence-electron chi connectivity index (χ1n) is 15.6. The number of nitrogens with one attached hydrogen (secondary N) is 3. The maximum absolute atomic E-state index is 13.6. The lowest BCUT2D eigenvalue weighted by molar-refractivity contribution is -0.134. The lowest BCUT2D eigenvalue weighted by Crippen LogP contribution is -2.48. The largest absolute Gasteiger partial charge is 0.497 e. The lowest BCUT2D eigenvalue weighted by Gasteiger charge is -2.34. The van der Waals surface area contributed by atoms with Crippen molar-refractivity contribution in [1.82, 2.24) is 9.80 Å². The van der Waals surface area contributed by atoms with Gasteiger partial charge in [0.1, 0.15) is 17.6 Å². The molecule has 0 radical (unpaired) electrons. The molecule has 0 saturated carbocycles. The van der Waals surface area contributed by atoms with Crippen molar-refractivity contribution in [3.63, 3.8) is 0 Å². The van der Waals surface area contributed by atoms with Crippen molar-refractivity contribution in [2.75, 3.05) is 49.8 Å². The van der Waals surface area contributed by atoms with Crippen LogP contribution in [-0.2, 0) is 11.2 Å². The van der Waals surface area contributed by atoms with Crippen molar-refractivity contribution in [1.29, 1.82) is 0 Å². The molecule has 1 heterocycles. The van der Waals surface area contributed by atoms with Crippen LogP contribution in [0.5, 0.6) is 11.5 Å².